The lowest BCUT2D eigenvalue weighted by molar-refractivity contribution is 0.581. The predicted octanol–water partition coefficient (Wildman–Crippen LogP) is 3.41. The van der Waals surface area contributed by atoms with E-state index >= 15 is 0 Å². The number of aromatic amines is 2. The minimum absolute atomic E-state index is 0.444. The van der Waals surface area contributed by atoms with Crippen molar-refractivity contribution in [3.63, 3.8) is 0 Å². The van der Waals surface area contributed by atoms with Crippen LogP contribution in [0.25, 0.3) is 21.5 Å². The largest absolute Gasteiger partial charge is 0.462 e. The van der Waals surface area contributed by atoms with E-state index in [4.69, 9.17) is 16.6 Å². The van der Waals surface area contributed by atoms with Crippen LogP contribution in [-0.2, 0) is 6.42 Å². The molecule has 7 heteroatoms. The molecule has 5 nitrogen and oxygen atoms in total. The second-order valence-corrected chi connectivity index (χ2v) is 5.03. The first-order chi connectivity index (χ1) is 8.78. The van der Waals surface area contributed by atoms with E-state index in [0.29, 0.717) is 4.77 Å². The molecule has 0 aliphatic rings. The van der Waals surface area contributed by atoms with Gasteiger partial charge in [0.2, 0.25) is 4.77 Å². The first-order valence-electron chi connectivity index (χ1n) is 5.46. The van der Waals surface area contributed by atoms with Gasteiger partial charge < -0.3 is 4.42 Å². The highest BCUT2D eigenvalue weighted by Gasteiger charge is 2.16. The van der Waals surface area contributed by atoms with Crippen LogP contribution in [0.1, 0.15) is 12.6 Å². The van der Waals surface area contributed by atoms with Crippen LogP contribution in [-0.4, -0.2) is 20.2 Å². The Morgan fingerprint density at radius 1 is 1.39 bits per heavy atom. The zero-order valence-corrected chi connectivity index (χ0v) is 11.2. The molecule has 0 aromatic carbocycles. The fourth-order valence-electron chi connectivity index (χ4n) is 1.66. The Hall–Kier alpha value is -1.73. The van der Waals surface area contributed by atoms with Crippen molar-refractivity contribution in [3.05, 3.63) is 28.9 Å². The van der Waals surface area contributed by atoms with Crippen LogP contribution in [0, 0.1) is 4.77 Å². The van der Waals surface area contributed by atoms with Crippen LogP contribution in [0.3, 0.4) is 0 Å². The first kappa shape index (κ1) is 11.4. The standard InChI is InChI=1S/C11H10N4OS2/c1-2-6-8(9-13-11(17)15-14-9)18-10(12-6)7-4-3-5-16-7/h3-5H,2H2,1H3,(H2,13,14,15,17). The van der Waals surface area contributed by atoms with Gasteiger partial charge in [0, 0.05) is 0 Å². The van der Waals surface area contributed by atoms with Crippen molar-refractivity contribution in [1.29, 1.82) is 0 Å². The summed E-state index contributed by atoms with van der Waals surface area (Å²) in [6, 6.07) is 3.75. The second kappa shape index (κ2) is 4.51. The number of nitrogens with zero attached hydrogens (tertiary/aromatic N) is 2. The van der Waals surface area contributed by atoms with E-state index in [1.165, 1.54) is 0 Å². The van der Waals surface area contributed by atoms with Crippen LogP contribution in [0.15, 0.2) is 22.8 Å². The third-order valence-electron chi connectivity index (χ3n) is 2.48. The van der Waals surface area contributed by atoms with Gasteiger partial charge in [0.1, 0.15) is 0 Å². The van der Waals surface area contributed by atoms with Crippen LogP contribution in [0.5, 0.6) is 0 Å². The monoisotopic (exact) mass is 278 g/mol. The van der Waals surface area contributed by atoms with Crippen molar-refractivity contribution >= 4 is 23.6 Å². The maximum absolute atomic E-state index is 5.36. The fourth-order valence-corrected chi connectivity index (χ4v) is 2.87. The number of H-pyrrole nitrogens is 2. The molecular weight excluding hydrogens is 268 g/mol. The Morgan fingerprint density at radius 2 is 2.28 bits per heavy atom. The van der Waals surface area contributed by atoms with Crippen molar-refractivity contribution in [2.75, 3.05) is 0 Å². The summed E-state index contributed by atoms with van der Waals surface area (Å²) < 4.78 is 5.81. The molecule has 0 atom stereocenters. The van der Waals surface area contributed by atoms with Gasteiger partial charge >= 0.3 is 0 Å². The average Bonchev–Trinajstić information content (AvgIpc) is 3.07. The molecule has 3 aromatic heterocycles. The lowest BCUT2D eigenvalue weighted by atomic mass is 10.3. The van der Waals surface area contributed by atoms with Gasteiger partial charge in [-0.15, -0.1) is 11.3 Å². The third-order valence-corrected chi connectivity index (χ3v) is 3.79. The summed E-state index contributed by atoms with van der Waals surface area (Å²) >= 11 is 6.51. The molecule has 0 radical (unpaired) electrons. The van der Waals surface area contributed by atoms with E-state index in [1.807, 2.05) is 12.1 Å². The molecule has 0 spiro atoms. The number of nitrogens with one attached hydrogen (secondary N) is 2. The molecule has 0 aliphatic carbocycles. The SMILES string of the molecule is CCc1nc(-c2ccco2)sc1-c1nc(=S)[nH][nH]1. The number of thiazole rings is 1. The van der Waals surface area contributed by atoms with E-state index in [9.17, 15) is 0 Å². The van der Waals surface area contributed by atoms with E-state index in [0.717, 1.165) is 33.6 Å². The van der Waals surface area contributed by atoms with E-state index in [-0.39, 0.29) is 0 Å². The molecule has 2 N–H and O–H groups in total. The highest BCUT2D eigenvalue weighted by atomic mass is 32.1. The summed E-state index contributed by atoms with van der Waals surface area (Å²) in [6.07, 6.45) is 2.48. The molecule has 0 aliphatic heterocycles. The lowest BCUT2D eigenvalue weighted by Gasteiger charge is -1.92. The van der Waals surface area contributed by atoms with Crippen LogP contribution < -0.4 is 0 Å². The van der Waals surface area contributed by atoms with Gasteiger partial charge in [-0.05, 0) is 30.8 Å². The third kappa shape index (κ3) is 1.91. The number of aryl methyl sites for hydroxylation is 1. The molecule has 3 heterocycles. The zero-order valence-electron chi connectivity index (χ0n) is 9.56. The van der Waals surface area contributed by atoms with Crippen LogP contribution in [0.2, 0.25) is 0 Å². The average molecular weight is 278 g/mol. The second-order valence-electron chi connectivity index (χ2n) is 3.64. The van der Waals surface area contributed by atoms with Gasteiger partial charge in [-0.2, -0.15) is 4.98 Å². The maximum atomic E-state index is 5.36. The van der Waals surface area contributed by atoms with Crippen molar-refractivity contribution in [2.45, 2.75) is 13.3 Å². The smallest absolute Gasteiger partial charge is 0.213 e. The molecule has 0 bridgehead atoms. The number of rotatable bonds is 3. The van der Waals surface area contributed by atoms with Crippen molar-refractivity contribution in [2.24, 2.45) is 0 Å². The van der Waals surface area contributed by atoms with Gasteiger partial charge in [0.25, 0.3) is 0 Å². The molecule has 3 aromatic rings. The first-order valence-corrected chi connectivity index (χ1v) is 6.69. The van der Waals surface area contributed by atoms with Gasteiger partial charge in [0.15, 0.2) is 16.6 Å². The Kier molecular flexibility index (Phi) is 2.85. The van der Waals surface area contributed by atoms with Gasteiger partial charge in [-0.3, -0.25) is 10.2 Å². The number of hydrogen-bond donors (Lipinski definition) is 2. The molecule has 0 fully saturated rings. The summed E-state index contributed by atoms with van der Waals surface area (Å²) in [5.74, 6) is 1.50. The molecule has 0 saturated carbocycles. The van der Waals surface area contributed by atoms with E-state index in [1.54, 1.807) is 17.6 Å². The summed E-state index contributed by atoms with van der Waals surface area (Å²) in [4.78, 5) is 9.80. The zero-order chi connectivity index (χ0) is 12.5. The molecule has 18 heavy (non-hydrogen) atoms. The highest BCUT2D eigenvalue weighted by Crippen LogP contribution is 2.34. The highest BCUT2D eigenvalue weighted by molar-refractivity contribution is 7.71. The van der Waals surface area contributed by atoms with Crippen molar-refractivity contribution in [3.8, 4) is 21.5 Å². The molecule has 3 rings (SSSR count). The number of furan rings is 1. The Bertz CT molecular complexity index is 708. The van der Waals surface area contributed by atoms with Gasteiger partial charge in [-0.1, -0.05) is 6.92 Å². The normalized spacial score (nSPS) is 10.9. The lowest BCUT2D eigenvalue weighted by Crippen LogP contribution is -1.85. The summed E-state index contributed by atoms with van der Waals surface area (Å²) in [5, 5.41) is 6.61. The number of aromatic nitrogens is 4. The van der Waals surface area contributed by atoms with Crippen LogP contribution in [0.4, 0.5) is 0 Å². The van der Waals surface area contributed by atoms with Crippen molar-refractivity contribution < 1.29 is 4.42 Å². The maximum Gasteiger partial charge on any atom is 0.213 e. The topological polar surface area (TPSA) is 70.5 Å². The Labute approximate surface area is 112 Å². The van der Waals surface area contributed by atoms with Gasteiger partial charge in [0.05, 0.1) is 16.8 Å². The van der Waals surface area contributed by atoms with Crippen LogP contribution >= 0.6 is 23.6 Å². The minimum Gasteiger partial charge on any atom is -0.462 e. The molecule has 0 saturated heterocycles. The summed E-state index contributed by atoms with van der Waals surface area (Å²) in [7, 11) is 0. The summed E-state index contributed by atoms with van der Waals surface area (Å²) in [5.41, 5.74) is 0.990. The van der Waals surface area contributed by atoms with Crippen molar-refractivity contribution in [1.82, 2.24) is 20.2 Å². The fraction of sp³-hybridized carbons (Fsp3) is 0.182. The van der Waals surface area contributed by atoms with E-state index < -0.39 is 0 Å². The van der Waals surface area contributed by atoms with E-state index in [2.05, 4.69) is 27.1 Å². The predicted molar refractivity (Wildman–Crippen MR) is 72.0 cm³/mol. The number of hydrogen-bond acceptors (Lipinski definition) is 5. The Balaban J connectivity index is 2.12. The quantitative estimate of drug-likeness (QED) is 0.720. The minimum atomic E-state index is 0.444. The molecule has 0 unspecified atom stereocenters. The molecule has 92 valence electrons. The summed E-state index contributed by atoms with van der Waals surface area (Å²) in [6.45, 7) is 2.06. The Morgan fingerprint density at radius 3 is 2.89 bits per heavy atom. The van der Waals surface area contributed by atoms with Gasteiger partial charge in [-0.25, -0.2) is 4.98 Å². The molecular formula is C11H10N4OS2. The molecule has 0 amide bonds.